The number of hydrogen-bond donors (Lipinski definition) is 1. The van der Waals surface area contributed by atoms with Gasteiger partial charge in [0.1, 0.15) is 5.69 Å². The molecule has 0 bridgehead atoms. The van der Waals surface area contributed by atoms with Crippen LogP contribution in [0.2, 0.25) is 0 Å². The second-order valence-electron chi connectivity index (χ2n) is 4.73. The zero-order valence-electron chi connectivity index (χ0n) is 9.95. The normalized spacial score (nSPS) is 15.6. The van der Waals surface area contributed by atoms with E-state index in [1.165, 1.54) is 6.07 Å². The van der Waals surface area contributed by atoms with Crippen molar-refractivity contribution >= 4 is 27.3 Å². The standard InChI is InChI=1S/C12H11BrFN3O2/c13-8-5-9(14)11(17(18)19)10(6-8)16-7-12(1-2-12)3-4-15/h5-6,16H,1-3,7H2. The fourth-order valence-electron chi connectivity index (χ4n) is 1.93. The Hall–Kier alpha value is -1.68. The third-order valence-corrected chi connectivity index (χ3v) is 3.73. The Labute approximate surface area is 117 Å². The van der Waals surface area contributed by atoms with E-state index in [0.717, 1.165) is 18.9 Å². The first-order valence-electron chi connectivity index (χ1n) is 5.72. The molecule has 1 aromatic rings. The summed E-state index contributed by atoms with van der Waals surface area (Å²) in [6, 6.07) is 4.65. The summed E-state index contributed by atoms with van der Waals surface area (Å²) in [6.07, 6.45) is 2.24. The molecule has 2 rings (SSSR count). The van der Waals surface area contributed by atoms with E-state index in [1.54, 1.807) is 0 Å². The van der Waals surface area contributed by atoms with E-state index >= 15 is 0 Å². The van der Waals surface area contributed by atoms with Gasteiger partial charge in [-0.15, -0.1) is 0 Å². The Morgan fingerprint density at radius 1 is 1.58 bits per heavy atom. The first-order valence-corrected chi connectivity index (χ1v) is 6.51. The van der Waals surface area contributed by atoms with Gasteiger partial charge in [0.15, 0.2) is 0 Å². The molecule has 7 heteroatoms. The van der Waals surface area contributed by atoms with E-state index in [0.29, 0.717) is 17.4 Å². The maximum atomic E-state index is 13.6. The fourth-order valence-corrected chi connectivity index (χ4v) is 2.36. The lowest BCUT2D eigenvalue weighted by Crippen LogP contribution is -2.16. The number of anilines is 1. The summed E-state index contributed by atoms with van der Waals surface area (Å²) in [5, 5.41) is 22.5. The molecule has 19 heavy (non-hydrogen) atoms. The van der Waals surface area contributed by atoms with E-state index < -0.39 is 16.4 Å². The van der Waals surface area contributed by atoms with Crippen LogP contribution >= 0.6 is 15.9 Å². The lowest BCUT2D eigenvalue weighted by Gasteiger charge is -2.14. The first-order chi connectivity index (χ1) is 8.97. The van der Waals surface area contributed by atoms with Crippen LogP contribution in [-0.2, 0) is 0 Å². The second-order valence-corrected chi connectivity index (χ2v) is 5.65. The molecule has 1 aliphatic carbocycles. The smallest absolute Gasteiger partial charge is 0.327 e. The molecule has 0 aromatic heterocycles. The Morgan fingerprint density at radius 3 is 2.79 bits per heavy atom. The molecular weight excluding hydrogens is 317 g/mol. The van der Waals surface area contributed by atoms with Gasteiger partial charge in [0.05, 0.1) is 11.0 Å². The van der Waals surface area contributed by atoms with Crippen LogP contribution in [0.5, 0.6) is 0 Å². The quantitative estimate of drug-likeness (QED) is 0.661. The van der Waals surface area contributed by atoms with Crippen molar-refractivity contribution in [2.45, 2.75) is 19.3 Å². The van der Waals surface area contributed by atoms with E-state index in [4.69, 9.17) is 5.26 Å². The SMILES string of the molecule is N#CCC1(CNc2cc(Br)cc(F)c2[N+](=O)[O-])CC1. The predicted octanol–water partition coefficient (Wildman–Crippen LogP) is 3.60. The minimum absolute atomic E-state index is 0.110. The van der Waals surface area contributed by atoms with Crippen LogP contribution in [0.4, 0.5) is 15.8 Å². The van der Waals surface area contributed by atoms with E-state index in [1.807, 2.05) is 0 Å². The average molecular weight is 328 g/mol. The third kappa shape index (κ3) is 3.01. The van der Waals surface area contributed by atoms with Crippen molar-refractivity contribution in [1.29, 1.82) is 5.26 Å². The molecule has 0 saturated heterocycles. The predicted molar refractivity (Wildman–Crippen MR) is 71.1 cm³/mol. The zero-order valence-corrected chi connectivity index (χ0v) is 11.5. The van der Waals surface area contributed by atoms with Gasteiger partial charge in [-0.05, 0) is 25.0 Å². The highest BCUT2D eigenvalue weighted by Gasteiger charge is 2.42. The van der Waals surface area contributed by atoms with Crippen LogP contribution < -0.4 is 5.32 Å². The molecule has 1 saturated carbocycles. The number of halogens is 2. The summed E-state index contributed by atoms with van der Waals surface area (Å²) in [6.45, 7) is 0.442. The van der Waals surface area contributed by atoms with Crippen LogP contribution in [0.15, 0.2) is 16.6 Å². The van der Waals surface area contributed by atoms with E-state index in [9.17, 15) is 14.5 Å². The minimum atomic E-state index is -0.882. The minimum Gasteiger partial charge on any atom is -0.379 e. The van der Waals surface area contributed by atoms with Crippen molar-refractivity contribution < 1.29 is 9.31 Å². The summed E-state index contributed by atoms with van der Waals surface area (Å²) in [4.78, 5) is 10.1. The molecular formula is C12H11BrFN3O2. The van der Waals surface area contributed by atoms with Crippen LogP contribution in [0.25, 0.3) is 0 Å². The summed E-state index contributed by atoms with van der Waals surface area (Å²) in [5.74, 6) is -0.882. The molecule has 0 atom stereocenters. The molecule has 0 radical (unpaired) electrons. The molecule has 5 nitrogen and oxygen atoms in total. The van der Waals surface area contributed by atoms with Crippen LogP contribution in [0.3, 0.4) is 0 Å². The Balaban J connectivity index is 2.20. The fraction of sp³-hybridized carbons (Fsp3) is 0.417. The number of nitrogens with zero attached hydrogens (tertiary/aromatic N) is 2. The number of nitro groups is 1. The number of nitro benzene ring substituents is 1. The summed E-state index contributed by atoms with van der Waals surface area (Å²) in [5.41, 5.74) is -0.529. The van der Waals surface area contributed by atoms with Crippen molar-refractivity contribution in [3.05, 3.63) is 32.5 Å². The first kappa shape index (κ1) is 13.7. The van der Waals surface area contributed by atoms with Crippen molar-refractivity contribution in [1.82, 2.24) is 0 Å². The molecule has 0 amide bonds. The van der Waals surface area contributed by atoms with Gasteiger partial charge in [0.2, 0.25) is 5.82 Å². The number of hydrogen-bond acceptors (Lipinski definition) is 4. The Bertz CT molecular complexity index is 567. The number of nitriles is 1. The van der Waals surface area contributed by atoms with Gasteiger partial charge in [-0.1, -0.05) is 15.9 Å². The van der Waals surface area contributed by atoms with Gasteiger partial charge >= 0.3 is 5.69 Å². The molecule has 1 fully saturated rings. The molecule has 1 aromatic carbocycles. The summed E-state index contributed by atoms with van der Waals surface area (Å²) < 4.78 is 14.0. The Kier molecular flexibility index (Phi) is 3.71. The van der Waals surface area contributed by atoms with Crippen molar-refractivity contribution in [3.8, 4) is 6.07 Å². The highest BCUT2D eigenvalue weighted by Crippen LogP contribution is 2.48. The lowest BCUT2D eigenvalue weighted by atomic mass is 10.0. The third-order valence-electron chi connectivity index (χ3n) is 3.28. The topological polar surface area (TPSA) is 79.0 Å². The van der Waals surface area contributed by atoms with Crippen LogP contribution in [0, 0.1) is 32.7 Å². The van der Waals surface area contributed by atoms with Crippen LogP contribution in [0.1, 0.15) is 19.3 Å². The number of rotatable bonds is 5. The number of nitrogens with one attached hydrogen (secondary N) is 1. The van der Waals surface area contributed by atoms with E-state index in [2.05, 4.69) is 27.3 Å². The maximum Gasteiger partial charge on any atom is 0.327 e. The monoisotopic (exact) mass is 327 g/mol. The van der Waals surface area contributed by atoms with Gasteiger partial charge in [-0.2, -0.15) is 9.65 Å². The van der Waals surface area contributed by atoms with Gasteiger partial charge in [-0.3, -0.25) is 10.1 Å². The molecule has 0 unspecified atom stereocenters. The highest BCUT2D eigenvalue weighted by atomic mass is 79.9. The molecule has 1 aliphatic rings. The largest absolute Gasteiger partial charge is 0.379 e. The molecule has 0 heterocycles. The van der Waals surface area contributed by atoms with Crippen molar-refractivity contribution in [2.24, 2.45) is 5.41 Å². The number of benzene rings is 1. The summed E-state index contributed by atoms with van der Waals surface area (Å²) in [7, 11) is 0. The van der Waals surface area contributed by atoms with Gasteiger partial charge in [0, 0.05) is 22.9 Å². The molecule has 0 spiro atoms. The average Bonchev–Trinajstić information content (AvgIpc) is 3.06. The van der Waals surface area contributed by atoms with Gasteiger partial charge in [-0.25, -0.2) is 0 Å². The van der Waals surface area contributed by atoms with Crippen LogP contribution in [-0.4, -0.2) is 11.5 Å². The van der Waals surface area contributed by atoms with Gasteiger partial charge < -0.3 is 5.32 Å². The lowest BCUT2D eigenvalue weighted by molar-refractivity contribution is -0.386. The van der Waals surface area contributed by atoms with Gasteiger partial charge in [0.25, 0.3) is 0 Å². The molecule has 1 N–H and O–H groups in total. The highest BCUT2D eigenvalue weighted by molar-refractivity contribution is 9.10. The van der Waals surface area contributed by atoms with Crippen molar-refractivity contribution in [2.75, 3.05) is 11.9 Å². The zero-order chi connectivity index (χ0) is 14.0. The Morgan fingerprint density at radius 2 is 2.26 bits per heavy atom. The maximum absolute atomic E-state index is 13.6. The van der Waals surface area contributed by atoms with Crippen molar-refractivity contribution in [3.63, 3.8) is 0 Å². The second kappa shape index (κ2) is 5.13. The van der Waals surface area contributed by atoms with E-state index in [-0.39, 0.29) is 11.1 Å². The molecule has 100 valence electrons. The molecule has 0 aliphatic heterocycles. The summed E-state index contributed by atoms with van der Waals surface area (Å²) >= 11 is 3.11.